The van der Waals surface area contributed by atoms with Crippen LogP contribution >= 0.6 is 15.9 Å². The van der Waals surface area contributed by atoms with Gasteiger partial charge in [-0.15, -0.1) is 0 Å². The summed E-state index contributed by atoms with van der Waals surface area (Å²) < 4.78 is 24.7. The van der Waals surface area contributed by atoms with Gasteiger partial charge in [-0.25, -0.2) is 10.2 Å². The summed E-state index contributed by atoms with van der Waals surface area (Å²) in [6.07, 6.45) is 1.27. The summed E-state index contributed by atoms with van der Waals surface area (Å²) in [4.78, 5) is 24.1. The molecule has 0 unspecified atom stereocenters. The third-order valence-corrected chi connectivity index (χ3v) is 6.30. The number of hydrogen-bond acceptors (Lipinski definition) is 7. The molecule has 10 heteroatoms. The minimum atomic E-state index is -0.494. The Kier molecular flexibility index (Phi) is 9.44. The Balaban J connectivity index is 1.25. The normalized spacial score (nSPS) is 11.2. The number of nitrogens with one attached hydrogen (secondary N) is 1. The van der Waals surface area contributed by atoms with E-state index < -0.39 is 11.9 Å². The fourth-order valence-electron chi connectivity index (χ4n) is 3.87. The fourth-order valence-corrected chi connectivity index (χ4v) is 4.38. The maximum Gasteiger partial charge on any atom is 0.344 e. The molecule has 4 aromatic rings. The number of carbonyl (C=O) groups excluding carboxylic acids is 2. The topological polar surface area (TPSA) is 104 Å². The Bertz CT molecular complexity index is 1480. The molecule has 2 heterocycles. The maximum absolute atomic E-state index is 12.4. The van der Waals surface area contributed by atoms with Gasteiger partial charge in [0.1, 0.15) is 23.9 Å². The van der Waals surface area contributed by atoms with E-state index in [0.29, 0.717) is 27.3 Å². The molecule has 2 aromatic carbocycles. The number of carbonyl (C=O) groups is 2. The van der Waals surface area contributed by atoms with E-state index in [-0.39, 0.29) is 25.1 Å². The van der Waals surface area contributed by atoms with Gasteiger partial charge in [0, 0.05) is 17.1 Å². The summed E-state index contributed by atoms with van der Waals surface area (Å²) in [6, 6.07) is 20.4. The average Bonchev–Trinajstić information content (AvgIpc) is 3.53. The monoisotopic (exact) mass is 607 g/mol. The second-order valence-corrected chi connectivity index (χ2v) is 10.1. The molecule has 9 nitrogen and oxygen atoms in total. The van der Waals surface area contributed by atoms with Crippen LogP contribution in [0.25, 0.3) is 5.69 Å². The Hall–Kier alpha value is -4.31. The van der Waals surface area contributed by atoms with Gasteiger partial charge in [-0.1, -0.05) is 0 Å². The van der Waals surface area contributed by atoms with E-state index >= 15 is 0 Å². The number of esters is 1. The summed E-state index contributed by atoms with van der Waals surface area (Å²) >= 11 is 3.40. The molecule has 0 atom stereocenters. The fraction of sp³-hybridized carbons (Fsp3) is 0.233. The first-order chi connectivity index (χ1) is 19.2. The van der Waals surface area contributed by atoms with Crippen molar-refractivity contribution < 1.29 is 28.2 Å². The van der Waals surface area contributed by atoms with Crippen LogP contribution in [0.3, 0.4) is 0 Å². The average molecular weight is 608 g/mol. The number of rotatable bonds is 11. The number of amides is 1. The van der Waals surface area contributed by atoms with Crippen molar-refractivity contribution in [3.05, 3.63) is 99.7 Å². The van der Waals surface area contributed by atoms with Crippen molar-refractivity contribution >= 4 is 34.0 Å². The molecule has 2 aromatic heterocycles. The van der Waals surface area contributed by atoms with E-state index in [1.54, 1.807) is 44.2 Å². The van der Waals surface area contributed by atoms with Gasteiger partial charge in [0.2, 0.25) is 0 Å². The molecule has 0 spiro atoms. The van der Waals surface area contributed by atoms with Crippen molar-refractivity contribution in [1.82, 2.24) is 9.99 Å². The summed E-state index contributed by atoms with van der Waals surface area (Å²) in [7, 11) is 0. The lowest BCUT2D eigenvalue weighted by atomic mass is 10.2. The highest BCUT2D eigenvalue weighted by Gasteiger charge is 2.12. The van der Waals surface area contributed by atoms with Crippen LogP contribution in [0.5, 0.6) is 11.5 Å². The van der Waals surface area contributed by atoms with Gasteiger partial charge in [-0.2, -0.15) is 5.10 Å². The lowest BCUT2D eigenvalue weighted by molar-refractivity contribution is -0.149. The van der Waals surface area contributed by atoms with Crippen LogP contribution in [0.4, 0.5) is 0 Å². The molecule has 0 aliphatic heterocycles. The van der Waals surface area contributed by atoms with Gasteiger partial charge < -0.3 is 23.2 Å². The Morgan fingerprint density at radius 2 is 1.73 bits per heavy atom. The van der Waals surface area contributed by atoms with Crippen molar-refractivity contribution in [2.24, 2.45) is 5.10 Å². The third-order valence-electron chi connectivity index (χ3n) is 5.68. The van der Waals surface area contributed by atoms with Crippen LogP contribution in [0, 0.1) is 13.8 Å². The molecule has 1 amide bonds. The zero-order valence-electron chi connectivity index (χ0n) is 22.6. The Morgan fingerprint density at radius 3 is 2.40 bits per heavy atom. The van der Waals surface area contributed by atoms with Crippen molar-refractivity contribution in [3.8, 4) is 17.2 Å². The summed E-state index contributed by atoms with van der Waals surface area (Å²) in [5.74, 6) is 0.850. The van der Waals surface area contributed by atoms with E-state index in [2.05, 4.69) is 57.0 Å². The van der Waals surface area contributed by atoms with E-state index in [1.807, 2.05) is 24.3 Å². The molecule has 0 saturated heterocycles. The number of nitrogens with zero attached hydrogens (tertiary/aromatic N) is 2. The number of furan rings is 1. The number of hydrogen-bond donors (Lipinski definition) is 1. The van der Waals surface area contributed by atoms with Crippen LogP contribution < -0.4 is 14.9 Å². The summed E-state index contributed by atoms with van der Waals surface area (Å²) in [5, 5.41) is 3.99. The molecule has 0 aliphatic rings. The lowest BCUT2D eigenvalue weighted by Crippen LogP contribution is -2.18. The first-order valence-corrected chi connectivity index (χ1v) is 13.4. The summed E-state index contributed by atoms with van der Waals surface area (Å²) in [6.45, 7) is 7.65. The minimum Gasteiger partial charge on any atom is -0.486 e. The van der Waals surface area contributed by atoms with Gasteiger partial charge in [0.15, 0.2) is 12.4 Å². The molecule has 0 bridgehead atoms. The van der Waals surface area contributed by atoms with Crippen LogP contribution in [0.15, 0.2) is 80.7 Å². The molecule has 208 valence electrons. The van der Waals surface area contributed by atoms with Crippen LogP contribution in [0.1, 0.15) is 47.1 Å². The predicted octanol–water partition coefficient (Wildman–Crippen LogP) is 6.12. The van der Waals surface area contributed by atoms with Crippen LogP contribution in [0.2, 0.25) is 0 Å². The standard InChI is InChI=1S/C30H30BrN3O6/c1-19(2)39-29(35)18-38-27-13-7-22(15-26(27)31)16-32-33-30(36)28-14-12-25(40-28)17-37-24-10-8-23(9-11-24)34-20(3)5-6-21(34)4/h5-16,19H,17-18H2,1-4H3,(H,33,36)/b32-16+. The van der Waals surface area contributed by atoms with Gasteiger partial charge in [-0.05, 0) is 116 Å². The highest BCUT2D eigenvalue weighted by atomic mass is 79.9. The molecular formula is C30H30BrN3O6. The van der Waals surface area contributed by atoms with Crippen molar-refractivity contribution in [1.29, 1.82) is 0 Å². The van der Waals surface area contributed by atoms with Crippen LogP contribution in [-0.4, -0.2) is 35.4 Å². The van der Waals surface area contributed by atoms with Crippen molar-refractivity contribution in [2.45, 2.75) is 40.4 Å². The van der Waals surface area contributed by atoms with Gasteiger partial charge in [-0.3, -0.25) is 4.79 Å². The van der Waals surface area contributed by atoms with Gasteiger partial charge >= 0.3 is 11.9 Å². The minimum absolute atomic E-state index is 0.114. The highest BCUT2D eigenvalue weighted by molar-refractivity contribution is 9.10. The maximum atomic E-state index is 12.4. The number of benzene rings is 2. The third kappa shape index (κ3) is 7.63. The van der Waals surface area contributed by atoms with Crippen molar-refractivity contribution in [2.75, 3.05) is 6.61 Å². The van der Waals surface area contributed by atoms with E-state index in [9.17, 15) is 9.59 Å². The van der Waals surface area contributed by atoms with Gasteiger partial charge in [0.25, 0.3) is 0 Å². The quantitative estimate of drug-likeness (QED) is 0.125. The number of hydrazone groups is 1. The molecule has 1 N–H and O–H groups in total. The molecule has 0 radical (unpaired) electrons. The predicted molar refractivity (Wildman–Crippen MR) is 154 cm³/mol. The first-order valence-electron chi connectivity index (χ1n) is 12.6. The number of aryl methyl sites for hydroxylation is 2. The SMILES string of the molecule is Cc1ccc(C)n1-c1ccc(OCc2ccc(C(=O)N/N=C/c3ccc(OCC(=O)OC(C)C)c(Br)c3)o2)cc1. The zero-order valence-corrected chi connectivity index (χ0v) is 24.2. The first kappa shape index (κ1) is 28.7. The van der Waals surface area contributed by atoms with Gasteiger partial charge in [0.05, 0.1) is 16.8 Å². The van der Waals surface area contributed by atoms with E-state index in [1.165, 1.54) is 6.21 Å². The van der Waals surface area contributed by atoms with E-state index in [0.717, 1.165) is 17.1 Å². The second kappa shape index (κ2) is 13.2. The molecule has 0 fully saturated rings. The van der Waals surface area contributed by atoms with Crippen LogP contribution in [-0.2, 0) is 16.1 Å². The molecule has 40 heavy (non-hydrogen) atoms. The lowest BCUT2D eigenvalue weighted by Gasteiger charge is -2.10. The Morgan fingerprint density at radius 1 is 1.00 bits per heavy atom. The number of aromatic nitrogens is 1. The Labute approximate surface area is 240 Å². The second-order valence-electron chi connectivity index (χ2n) is 9.22. The molecular weight excluding hydrogens is 578 g/mol. The molecule has 0 saturated carbocycles. The number of halogens is 1. The molecule has 0 aliphatic carbocycles. The zero-order chi connectivity index (χ0) is 28.6. The molecule has 4 rings (SSSR count). The number of ether oxygens (including phenoxy) is 3. The summed E-state index contributed by atoms with van der Waals surface area (Å²) in [5.41, 5.74) is 6.53. The van der Waals surface area contributed by atoms with E-state index in [4.69, 9.17) is 18.6 Å². The van der Waals surface area contributed by atoms with Crippen molar-refractivity contribution in [3.63, 3.8) is 0 Å². The highest BCUT2D eigenvalue weighted by Crippen LogP contribution is 2.26. The smallest absolute Gasteiger partial charge is 0.344 e. The largest absolute Gasteiger partial charge is 0.486 e.